The molecule has 16 heavy (non-hydrogen) atoms. The summed E-state index contributed by atoms with van der Waals surface area (Å²) in [6, 6.07) is 4.36. The number of hydrogen-bond donors (Lipinski definition) is 3. The minimum absolute atomic E-state index is 0.0656. The maximum absolute atomic E-state index is 11.4. The lowest BCUT2D eigenvalue weighted by Crippen LogP contribution is -2.20. The number of imide groups is 1. The van der Waals surface area contributed by atoms with Crippen LogP contribution in [0.4, 0.5) is 0 Å². The largest absolute Gasteiger partial charge is 0.329 e. The average Bonchev–Trinajstić information content (AvgIpc) is 2.41. The van der Waals surface area contributed by atoms with Crippen molar-refractivity contribution in [3.05, 3.63) is 34.9 Å². The van der Waals surface area contributed by atoms with Crippen LogP contribution in [-0.4, -0.2) is 21.6 Å². The van der Waals surface area contributed by atoms with Crippen molar-refractivity contribution in [3.8, 4) is 0 Å². The Kier molecular flexibility index (Phi) is 2.42. The number of rotatable bonds is 2. The predicted molar refractivity (Wildman–Crippen MR) is 54.0 cm³/mol. The fraction of sp³-hybridized carbons (Fsp3) is 0.111. The second-order valence-corrected chi connectivity index (χ2v) is 5.09. The topological polar surface area (TPSA) is 104 Å². The van der Waals surface area contributed by atoms with Gasteiger partial charge in [-0.25, -0.2) is 0 Å². The quantitative estimate of drug-likeness (QED) is 0.508. The van der Waals surface area contributed by atoms with Crippen LogP contribution in [0, 0.1) is 0 Å². The number of amides is 2. The van der Waals surface area contributed by atoms with Crippen LogP contribution in [0.25, 0.3) is 0 Å². The van der Waals surface area contributed by atoms with Gasteiger partial charge in [-0.05, 0) is 11.6 Å². The molecule has 0 aliphatic carbocycles. The van der Waals surface area contributed by atoms with Crippen LogP contribution in [-0.2, 0) is 10.7 Å². The number of carbonyl (C=O) groups excluding carboxylic acids is 2. The first kappa shape index (κ1) is 11.0. The van der Waals surface area contributed by atoms with Crippen LogP contribution in [0.2, 0.25) is 0 Å². The zero-order valence-electron chi connectivity index (χ0n) is 8.01. The van der Waals surface area contributed by atoms with E-state index in [4.69, 9.17) is 9.79 Å². The number of carbonyl (C=O) groups is 2. The molecule has 0 unspecified atom stereocenters. The van der Waals surface area contributed by atoms with E-state index in [-0.39, 0.29) is 16.7 Å². The number of benzene rings is 1. The maximum atomic E-state index is 11.4. The average molecular weight is 241 g/mol. The van der Waals surface area contributed by atoms with Crippen molar-refractivity contribution in [1.82, 2.24) is 5.32 Å². The molecule has 0 saturated heterocycles. The Labute approximate surface area is 90.4 Å². The van der Waals surface area contributed by atoms with Gasteiger partial charge in [-0.3, -0.25) is 19.5 Å². The van der Waals surface area contributed by atoms with E-state index in [9.17, 15) is 14.2 Å². The molecule has 2 amide bonds. The second-order valence-electron chi connectivity index (χ2n) is 3.45. The van der Waals surface area contributed by atoms with Crippen LogP contribution in [0.1, 0.15) is 26.3 Å². The highest BCUT2D eigenvalue weighted by atomic mass is 31.2. The summed E-state index contributed by atoms with van der Waals surface area (Å²) in [5.41, 5.74) is 0.418. The standard InChI is InChI=1S/C9H8NO5P/c11-8-6-3-1-2-5(4-16(13,14)15)7(6)9(12)10-8/h1-3H,4H2,(H,10,11,12)(H2,13,14,15). The number of nitrogens with one attached hydrogen (secondary N) is 1. The number of hydrogen-bond acceptors (Lipinski definition) is 3. The van der Waals surface area contributed by atoms with Crippen molar-refractivity contribution in [1.29, 1.82) is 0 Å². The molecule has 0 bridgehead atoms. The lowest BCUT2D eigenvalue weighted by Gasteiger charge is -2.06. The molecule has 3 N–H and O–H groups in total. The summed E-state index contributed by atoms with van der Waals surface area (Å²) in [7, 11) is -4.26. The van der Waals surface area contributed by atoms with Crippen molar-refractivity contribution >= 4 is 19.4 Å². The van der Waals surface area contributed by atoms with Crippen molar-refractivity contribution in [3.63, 3.8) is 0 Å². The van der Waals surface area contributed by atoms with Gasteiger partial charge < -0.3 is 9.79 Å². The smallest absolute Gasteiger partial charge is 0.324 e. The van der Waals surface area contributed by atoms with Crippen LogP contribution < -0.4 is 5.32 Å². The van der Waals surface area contributed by atoms with Crippen molar-refractivity contribution < 1.29 is 23.9 Å². The van der Waals surface area contributed by atoms with Crippen LogP contribution in [0.5, 0.6) is 0 Å². The molecule has 0 fully saturated rings. The van der Waals surface area contributed by atoms with Crippen LogP contribution in [0.15, 0.2) is 18.2 Å². The highest BCUT2D eigenvalue weighted by Crippen LogP contribution is 2.40. The summed E-state index contributed by atoms with van der Waals surface area (Å²) in [6.07, 6.45) is -0.545. The van der Waals surface area contributed by atoms with Gasteiger partial charge in [0.05, 0.1) is 17.3 Å². The van der Waals surface area contributed by atoms with Gasteiger partial charge in [-0.2, -0.15) is 0 Å². The first-order chi connectivity index (χ1) is 7.38. The van der Waals surface area contributed by atoms with Crippen molar-refractivity contribution in [2.75, 3.05) is 0 Å². The third-order valence-corrected chi connectivity index (χ3v) is 2.98. The molecule has 1 aliphatic heterocycles. The Morgan fingerprint density at radius 1 is 1.19 bits per heavy atom. The molecular formula is C9H8NO5P. The summed E-state index contributed by atoms with van der Waals surface area (Å²) in [4.78, 5) is 40.4. The first-order valence-corrected chi connectivity index (χ1v) is 6.20. The Morgan fingerprint density at radius 3 is 2.50 bits per heavy atom. The van der Waals surface area contributed by atoms with E-state index in [1.807, 2.05) is 0 Å². The summed E-state index contributed by atoms with van der Waals surface area (Å²) in [5, 5.41) is 2.08. The normalized spacial score (nSPS) is 14.9. The van der Waals surface area contributed by atoms with E-state index in [1.54, 1.807) is 0 Å². The highest BCUT2D eigenvalue weighted by molar-refractivity contribution is 7.50. The summed E-state index contributed by atoms with van der Waals surface area (Å²) >= 11 is 0. The molecule has 1 aromatic rings. The predicted octanol–water partition coefficient (Wildman–Crippen LogP) is 0.248. The SMILES string of the molecule is O=C1NC(=O)c2c(CP(=O)(O)O)cccc21. The van der Waals surface area contributed by atoms with Gasteiger partial charge in [0.2, 0.25) is 0 Å². The van der Waals surface area contributed by atoms with Crippen LogP contribution in [0.3, 0.4) is 0 Å². The molecule has 1 aliphatic rings. The summed E-state index contributed by atoms with van der Waals surface area (Å²) in [5.74, 6) is -1.14. The van der Waals surface area contributed by atoms with E-state index >= 15 is 0 Å². The maximum Gasteiger partial charge on any atom is 0.329 e. The van der Waals surface area contributed by atoms with E-state index < -0.39 is 25.6 Å². The molecule has 2 rings (SSSR count). The second kappa shape index (κ2) is 3.52. The van der Waals surface area contributed by atoms with Gasteiger partial charge >= 0.3 is 7.60 Å². The molecular weight excluding hydrogens is 233 g/mol. The highest BCUT2D eigenvalue weighted by Gasteiger charge is 2.30. The summed E-state index contributed by atoms with van der Waals surface area (Å²) in [6.45, 7) is 0. The molecule has 1 aromatic carbocycles. The van der Waals surface area contributed by atoms with Gasteiger partial charge in [0, 0.05) is 0 Å². The van der Waals surface area contributed by atoms with E-state index in [2.05, 4.69) is 5.32 Å². The van der Waals surface area contributed by atoms with E-state index in [0.29, 0.717) is 0 Å². The van der Waals surface area contributed by atoms with Crippen molar-refractivity contribution in [2.45, 2.75) is 6.16 Å². The lowest BCUT2D eigenvalue weighted by molar-refractivity contribution is 0.0879. The first-order valence-electron chi connectivity index (χ1n) is 4.40. The molecule has 1 heterocycles. The summed E-state index contributed by atoms with van der Waals surface area (Å²) < 4.78 is 10.9. The molecule has 0 radical (unpaired) electrons. The van der Waals surface area contributed by atoms with Crippen molar-refractivity contribution in [2.24, 2.45) is 0 Å². The minimum Gasteiger partial charge on any atom is -0.324 e. The molecule has 0 aromatic heterocycles. The molecule has 0 spiro atoms. The fourth-order valence-corrected chi connectivity index (χ4v) is 2.35. The Hall–Kier alpha value is -1.49. The molecule has 84 valence electrons. The van der Waals surface area contributed by atoms with E-state index in [1.165, 1.54) is 18.2 Å². The Morgan fingerprint density at radius 2 is 1.88 bits per heavy atom. The van der Waals surface area contributed by atoms with Gasteiger partial charge in [-0.1, -0.05) is 12.1 Å². The molecule has 6 nitrogen and oxygen atoms in total. The van der Waals surface area contributed by atoms with Gasteiger partial charge in [-0.15, -0.1) is 0 Å². The number of fused-ring (bicyclic) bond motifs is 1. The monoisotopic (exact) mass is 241 g/mol. The van der Waals surface area contributed by atoms with Gasteiger partial charge in [0.1, 0.15) is 0 Å². The molecule has 0 atom stereocenters. The fourth-order valence-electron chi connectivity index (χ4n) is 1.64. The molecule has 0 saturated carbocycles. The van der Waals surface area contributed by atoms with Gasteiger partial charge in [0.15, 0.2) is 0 Å². The third-order valence-electron chi connectivity index (χ3n) is 2.23. The molecule has 7 heteroatoms. The van der Waals surface area contributed by atoms with Crippen LogP contribution >= 0.6 is 7.60 Å². The van der Waals surface area contributed by atoms with Gasteiger partial charge in [0.25, 0.3) is 11.8 Å². The minimum atomic E-state index is -4.26. The Bertz CT molecular complexity index is 533. The Balaban J connectivity index is 2.54. The lowest BCUT2D eigenvalue weighted by atomic mass is 10.0. The van der Waals surface area contributed by atoms with E-state index in [0.717, 1.165) is 0 Å². The third kappa shape index (κ3) is 1.90. The zero-order chi connectivity index (χ0) is 11.9. The zero-order valence-corrected chi connectivity index (χ0v) is 8.90.